The molecule has 2 rings (SSSR count). The van der Waals surface area contributed by atoms with Gasteiger partial charge in [-0.15, -0.1) is 10.2 Å². The van der Waals surface area contributed by atoms with Crippen LogP contribution in [-0.2, 0) is 7.05 Å². The molecule has 0 unspecified atom stereocenters. The van der Waals surface area contributed by atoms with Crippen molar-refractivity contribution in [2.45, 2.75) is 13.8 Å². The monoisotopic (exact) mass is 203 g/mol. The molecule has 78 valence electrons. The van der Waals surface area contributed by atoms with E-state index >= 15 is 0 Å². The summed E-state index contributed by atoms with van der Waals surface area (Å²) in [5.41, 5.74) is 9.28. The van der Waals surface area contributed by atoms with Gasteiger partial charge in [0.25, 0.3) is 0 Å². The van der Waals surface area contributed by atoms with Crippen molar-refractivity contribution >= 4 is 5.82 Å². The largest absolute Gasteiger partial charge is 0.382 e. The fourth-order valence-electron chi connectivity index (χ4n) is 1.41. The molecular formula is C10H13N5. The van der Waals surface area contributed by atoms with Crippen LogP contribution in [-0.4, -0.2) is 20.0 Å². The molecule has 2 aromatic rings. The van der Waals surface area contributed by atoms with E-state index in [2.05, 4.69) is 15.3 Å². The molecule has 0 atom stereocenters. The van der Waals surface area contributed by atoms with Gasteiger partial charge in [-0.1, -0.05) is 0 Å². The molecule has 2 N–H and O–H groups in total. The summed E-state index contributed by atoms with van der Waals surface area (Å²) in [6.07, 6.45) is 1.88. The lowest BCUT2D eigenvalue weighted by Crippen LogP contribution is -2.02. The van der Waals surface area contributed by atoms with E-state index in [1.807, 2.05) is 33.2 Å². The predicted molar refractivity (Wildman–Crippen MR) is 58.1 cm³/mol. The highest BCUT2D eigenvalue weighted by Crippen LogP contribution is 2.22. The van der Waals surface area contributed by atoms with Crippen LogP contribution >= 0.6 is 0 Å². The first-order chi connectivity index (χ1) is 7.09. The van der Waals surface area contributed by atoms with Crippen LogP contribution in [0.1, 0.15) is 11.1 Å². The maximum Gasteiger partial charge on any atom is 0.149 e. The molecule has 0 aromatic carbocycles. The van der Waals surface area contributed by atoms with E-state index in [1.165, 1.54) is 0 Å². The van der Waals surface area contributed by atoms with Gasteiger partial charge in [0.15, 0.2) is 0 Å². The van der Waals surface area contributed by atoms with Gasteiger partial charge in [-0.3, -0.25) is 4.68 Å². The summed E-state index contributed by atoms with van der Waals surface area (Å²) >= 11 is 0. The summed E-state index contributed by atoms with van der Waals surface area (Å²) in [5.74, 6) is 0.479. The fraction of sp³-hybridized carbons (Fsp3) is 0.300. The van der Waals surface area contributed by atoms with Crippen LogP contribution in [0, 0.1) is 13.8 Å². The summed E-state index contributed by atoms with van der Waals surface area (Å²) in [4.78, 5) is 0. The first kappa shape index (κ1) is 9.64. The zero-order valence-corrected chi connectivity index (χ0v) is 9.02. The predicted octanol–water partition coefficient (Wildman–Crippen LogP) is 1.08. The molecule has 5 nitrogen and oxygen atoms in total. The number of aryl methyl sites for hydroxylation is 1. The van der Waals surface area contributed by atoms with Crippen molar-refractivity contribution in [3.05, 3.63) is 23.4 Å². The number of nitrogen functional groups attached to an aromatic ring is 1. The van der Waals surface area contributed by atoms with Crippen molar-refractivity contribution in [3.63, 3.8) is 0 Å². The normalized spacial score (nSPS) is 10.6. The molecule has 0 bridgehead atoms. The summed E-state index contributed by atoms with van der Waals surface area (Å²) in [6.45, 7) is 3.91. The van der Waals surface area contributed by atoms with Crippen LogP contribution in [0.25, 0.3) is 11.4 Å². The molecule has 0 amide bonds. The Morgan fingerprint density at radius 3 is 2.53 bits per heavy atom. The van der Waals surface area contributed by atoms with E-state index in [0.717, 1.165) is 22.5 Å². The zero-order valence-electron chi connectivity index (χ0n) is 9.02. The molecule has 0 spiro atoms. The highest BCUT2D eigenvalue weighted by Gasteiger charge is 2.11. The molecule has 0 fully saturated rings. The maximum atomic E-state index is 5.67. The minimum absolute atomic E-state index is 0.479. The van der Waals surface area contributed by atoms with Crippen molar-refractivity contribution in [2.24, 2.45) is 7.05 Å². The molecule has 2 heterocycles. The van der Waals surface area contributed by atoms with Crippen LogP contribution in [0.2, 0.25) is 0 Å². The molecule has 5 heteroatoms. The lowest BCUT2D eigenvalue weighted by Gasteiger charge is -2.05. The van der Waals surface area contributed by atoms with Crippen LogP contribution in [0.3, 0.4) is 0 Å². The van der Waals surface area contributed by atoms with E-state index in [-0.39, 0.29) is 0 Å². The minimum atomic E-state index is 0.479. The van der Waals surface area contributed by atoms with Gasteiger partial charge in [0.2, 0.25) is 0 Å². The SMILES string of the molecule is Cc1c(N)nnc(-c2ccn(C)n2)c1C. The van der Waals surface area contributed by atoms with Gasteiger partial charge in [0, 0.05) is 13.2 Å². The third-order valence-corrected chi connectivity index (χ3v) is 2.52. The molecule has 15 heavy (non-hydrogen) atoms. The van der Waals surface area contributed by atoms with Crippen molar-refractivity contribution in [1.82, 2.24) is 20.0 Å². The van der Waals surface area contributed by atoms with Crippen molar-refractivity contribution in [2.75, 3.05) is 5.73 Å². The second kappa shape index (κ2) is 3.34. The standard InChI is InChI=1S/C10H13N5/c1-6-7(2)10(11)13-12-9(6)8-4-5-15(3)14-8/h4-5H,1-3H3,(H2,11,13). The first-order valence-corrected chi connectivity index (χ1v) is 4.69. The zero-order chi connectivity index (χ0) is 11.0. The molecule has 0 aliphatic heterocycles. The maximum absolute atomic E-state index is 5.67. The molecule has 0 aliphatic carbocycles. The van der Waals surface area contributed by atoms with Gasteiger partial charge < -0.3 is 5.73 Å². The lowest BCUT2D eigenvalue weighted by atomic mass is 10.1. The summed E-state index contributed by atoms with van der Waals surface area (Å²) in [6, 6.07) is 1.91. The molecule has 0 saturated heterocycles. The van der Waals surface area contributed by atoms with Gasteiger partial charge in [-0.25, -0.2) is 0 Å². The highest BCUT2D eigenvalue weighted by atomic mass is 15.3. The minimum Gasteiger partial charge on any atom is -0.382 e. The Labute approximate surface area is 87.9 Å². The van der Waals surface area contributed by atoms with Gasteiger partial charge in [0.1, 0.15) is 17.2 Å². The van der Waals surface area contributed by atoms with Crippen molar-refractivity contribution < 1.29 is 0 Å². The van der Waals surface area contributed by atoms with Crippen LogP contribution < -0.4 is 5.73 Å². The smallest absolute Gasteiger partial charge is 0.149 e. The number of aromatic nitrogens is 4. The number of nitrogens with zero attached hydrogens (tertiary/aromatic N) is 4. The second-order valence-corrected chi connectivity index (χ2v) is 3.56. The van der Waals surface area contributed by atoms with E-state index in [1.54, 1.807) is 4.68 Å². The molecular weight excluding hydrogens is 190 g/mol. The van der Waals surface area contributed by atoms with E-state index in [4.69, 9.17) is 5.73 Å². The molecule has 0 aliphatic rings. The second-order valence-electron chi connectivity index (χ2n) is 3.56. The molecule has 0 radical (unpaired) electrons. The van der Waals surface area contributed by atoms with E-state index < -0.39 is 0 Å². The van der Waals surface area contributed by atoms with Gasteiger partial charge in [0.05, 0.1) is 0 Å². The summed E-state index contributed by atoms with van der Waals surface area (Å²) in [7, 11) is 1.87. The number of anilines is 1. The van der Waals surface area contributed by atoms with Crippen molar-refractivity contribution in [3.8, 4) is 11.4 Å². The van der Waals surface area contributed by atoms with Crippen molar-refractivity contribution in [1.29, 1.82) is 0 Å². The third kappa shape index (κ3) is 1.56. The topological polar surface area (TPSA) is 69.6 Å². The average Bonchev–Trinajstić information content (AvgIpc) is 2.61. The average molecular weight is 203 g/mol. The van der Waals surface area contributed by atoms with Gasteiger partial charge in [-0.05, 0) is 31.0 Å². The fourth-order valence-corrected chi connectivity index (χ4v) is 1.41. The molecule has 2 aromatic heterocycles. The van der Waals surface area contributed by atoms with Gasteiger partial charge >= 0.3 is 0 Å². The Kier molecular flexibility index (Phi) is 2.15. The Hall–Kier alpha value is -1.91. The number of nitrogens with two attached hydrogens (primary N) is 1. The Morgan fingerprint density at radius 1 is 1.20 bits per heavy atom. The number of hydrogen-bond acceptors (Lipinski definition) is 4. The third-order valence-electron chi connectivity index (χ3n) is 2.52. The van der Waals surface area contributed by atoms with Crippen LogP contribution in [0.5, 0.6) is 0 Å². The Balaban J connectivity index is 2.59. The number of hydrogen-bond donors (Lipinski definition) is 1. The highest BCUT2D eigenvalue weighted by molar-refractivity contribution is 5.62. The van der Waals surface area contributed by atoms with E-state index in [0.29, 0.717) is 5.82 Å². The quantitative estimate of drug-likeness (QED) is 0.752. The summed E-state index contributed by atoms with van der Waals surface area (Å²) in [5, 5.41) is 12.3. The van der Waals surface area contributed by atoms with E-state index in [9.17, 15) is 0 Å². The van der Waals surface area contributed by atoms with Crippen LogP contribution in [0.15, 0.2) is 12.3 Å². The first-order valence-electron chi connectivity index (χ1n) is 4.69. The van der Waals surface area contributed by atoms with Crippen LogP contribution in [0.4, 0.5) is 5.82 Å². The van der Waals surface area contributed by atoms with Gasteiger partial charge in [-0.2, -0.15) is 5.10 Å². The Bertz CT molecular complexity index is 501. The summed E-state index contributed by atoms with van der Waals surface area (Å²) < 4.78 is 1.74. The lowest BCUT2D eigenvalue weighted by molar-refractivity contribution is 0.768. The Morgan fingerprint density at radius 2 is 1.93 bits per heavy atom. The molecule has 0 saturated carbocycles. The number of rotatable bonds is 1.